The molecule has 0 fully saturated rings. The third kappa shape index (κ3) is 3.59. The summed E-state index contributed by atoms with van der Waals surface area (Å²) in [4.78, 5) is 12.5. The lowest BCUT2D eigenvalue weighted by Gasteiger charge is -2.16. The summed E-state index contributed by atoms with van der Waals surface area (Å²) in [6.45, 7) is 0.591. The molecule has 0 amide bonds. The maximum atomic E-state index is 12.7. The molecule has 1 aliphatic rings. The Labute approximate surface area is 152 Å². The molecule has 0 saturated carbocycles. The number of anilines is 1. The molecule has 3 aromatic rings. The Kier molecular flexibility index (Phi) is 4.23. The summed E-state index contributed by atoms with van der Waals surface area (Å²) in [6, 6.07) is 11.8. The van der Waals surface area contributed by atoms with Gasteiger partial charge in [0.25, 0.3) is 0 Å². The van der Waals surface area contributed by atoms with Crippen molar-refractivity contribution < 1.29 is 17.9 Å². The van der Waals surface area contributed by atoms with Crippen LogP contribution in [0, 0.1) is 0 Å². The number of aromatic nitrogens is 2. The van der Waals surface area contributed by atoms with E-state index >= 15 is 0 Å². The van der Waals surface area contributed by atoms with Gasteiger partial charge in [-0.3, -0.25) is 4.99 Å². The van der Waals surface area contributed by atoms with Gasteiger partial charge in [-0.1, -0.05) is 18.2 Å². The molecule has 0 unspecified atom stereocenters. The fraction of sp³-hybridized carbons (Fsp3) is 0.105. The lowest BCUT2D eigenvalue weighted by atomic mass is 10.1. The van der Waals surface area contributed by atoms with Gasteiger partial charge in [-0.15, -0.1) is 0 Å². The van der Waals surface area contributed by atoms with Crippen LogP contribution in [0.2, 0.25) is 0 Å². The van der Waals surface area contributed by atoms with Crippen LogP contribution in [-0.2, 0) is 6.18 Å². The molecule has 2 aromatic carbocycles. The monoisotopic (exact) mass is 370 g/mol. The predicted molar refractivity (Wildman–Crippen MR) is 95.6 cm³/mol. The molecule has 1 N–H and O–H groups in total. The number of benzene rings is 2. The van der Waals surface area contributed by atoms with E-state index in [0.29, 0.717) is 23.6 Å². The molecule has 1 aromatic heterocycles. The average Bonchev–Trinajstić information content (AvgIpc) is 2.68. The molecular weight excluding hydrogens is 357 g/mol. The van der Waals surface area contributed by atoms with Crippen LogP contribution in [0.1, 0.15) is 5.56 Å². The first-order chi connectivity index (χ1) is 13.0. The zero-order valence-corrected chi connectivity index (χ0v) is 13.9. The van der Waals surface area contributed by atoms with Gasteiger partial charge >= 0.3 is 6.18 Å². The molecule has 8 heteroatoms. The van der Waals surface area contributed by atoms with E-state index < -0.39 is 11.7 Å². The zero-order chi connectivity index (χ0) is 18.9. The van der Waals surface area contributed by atoms with Crippen molar-refractivity contribution in [1.29, 1.82) is 0 Å². The predicted octanol–water partition coefficient (Wildman–Crippen LogP) is 5.08. The molecule has 136 valence electrons. The summed E-state index contributed by atoms with van der Waals surface area (Å²) in [7, 11) is 0. The first-order valence-corrected chi connectivity index (χ1v) is 8.08. The third-order valence-electron chi connectivity index (χ3n) is 3.97. The van der Waals surface area contributed by atoms with Crippen molar-refractivity contribution >= 4 is 17.6 Å². The summed E-state index contributed by atoms with van der Waals surface area (Å²) in [5, 5.41) is 3.19. The van der Waals surface area contributed by atoms with Gasteiger partial charge in [0.2, 0.25) is 5.88 Å². The highest BCUT2D eigenvalue weighted by Crippen LogP contribution is 2.38. The molecule has 0 saturated heterocycles. The van der Waals surface area contributed by atoms with Gasteiger partial charge in [0.1, 0.15) is 12.0 Å². The quantitative estimate of drug-likeness (QED) is 0.698. The Balaban J connectivity index is 1.61. The van der Waals surface area contributed by atoms with E-state index in [1.807, 2.05) is 12.1 Å². The number of ether oxygens (including phenoxy) is 1. The standard InChI is InChI=1S/C19H13F3N4O/c20-19(21,22)13-6-4-12(5-7-13)15-10-17(26-11-25-15)27-16-3-1-2-14-18(16)24-9-8-23-14/h1-8,10-11,24H,9H2. The SMILES string of the molecule is FC(F)(F)c1ccc(-c2cc(Oc3cccc4c3NCC=N4)ncn2)cc1. The van der Waals surface area contributed by atoms with Crippen molar-refractivity contribution in [3.05, 3.63) is 60.4 Å². The minimum absolute atomic E-state index is 0.282. The van der Waals surface area contributed by atoms with Crippen molar-refractivity contribution in [3.8, 4) is 22.9 Å². The molecule has 1 aliphatic heterocycles. The number of para-hydroxylation sites is 1. The fourth-order valence-electron chi connectivity index (χ4n) is 2.68. The van der Waals surface area contributed by atoms with E-state index in [2.05, 4.69) is 20.3 Å². The van der Waals surface area contributed by atoms with E-state index in [0.717, 1.165) is 23.5 Å². The fourth-order valence-corrected chi connectivity index (χ4v) is 2.68. The number of nitrogens with one attached hydrogen (secondary N) is 1. The van der Waals surface area contributed by atoms with Gasteiger partial charge in [0, 0.05) is 17.8 Å². The molecule has 27 heavy (non-hydrogen) atoms. The van der Waals surface area contributed by atoms with Crippen molar-refractivity contribution in [3.63, 3.8) is 0 Å². The van der Waals surface area contributed by atoms with Crippen LogP contribution in [0.15, 0.2) is 59.9 Å². The van der Waals surface area contributed by atoms with Crippen LogP contribution in [0.3, 0.4) is 0 Å². The third-order valence-corrected chi connectivity index (χ3v) is 3.97. The lowest BCUT2D eigenvalue weighted by Crippen LogP contribution is -2.08. The largest absolute Gasteiger partial charge is 0.437 e. The molecule has 0 aliphatic carbocycles. The number of fused-ring (bicyclic) bond motifs is 1. The second-order valence-electron chi connectivity index (χ2n) is 5.76. The molecule has 5 nitrogen and oxygen atoms in total. The van der Waals surface area contributed by atoms with E-state index in [1.54, 1.807) is 18.3 Å². The minimum Gasteiger partial charge on any atom is -0.437 e. The lowest BCUT2D eigenvalue weighted by molar-refractivity contribution is -0.137. The van der Waals surface area contributed by atoms with Crippen LogP contribution < -0.4 is 10.1 Å². The number of aliphatic imine (C=N–C) groups is 1. The highest BCUT2D eigenvalue weighted by Gasteiger charge is 2.30. The normalized spacial score (nSPS) is 13.0. The van der Waals surface area contributed by atoms with Crippen LogP contribution in [0.4, 0.5) is 24.5 Å². The van der Waals surface area contributed by atoms with Gasteiger partial charge < -0.3 is 10.1 Å². The maximum Gasteiger partial charge on any atom is 0.416 e. The van der Waals surface area contributed by atoms with Crippen molar-refractivity contribution in [2.24, 2.45) is 4.99 Å². The van der Waals surface area contributed by atoms with E-state index in [4.69, 9.17) is 4.74 Å². The number of rotatable bonds is 3. The van der Waals surface area contributed by atoms with Gasteiger partial charge in [-0.25, -0.2) is 9.97 Å². The van der Waals surface area contributed by atoms with E-state index in [1.165, 1.54) is 18.5 Å². The number of halogens is 3. The van der Waals surface area contributed by atoms with Crippen LogP contribution in [-0.4, -0.2) is 22.7 Å². The maximum absolute atomic E-state index is 12.7. The minimum atomic E-state index is -4.37. The van der Waals surface area contributed by atoms with Gasteiger partial charge in [0.05, 0.1) is 23.5 Å². The molecule has 0 radical (unpaired) electrons. The Morgan fingerprint density at radius 2 is 1.81 bits per heavy atom. The van der Waals surface area contributed by atoms with Crippen molar-refractivity contribution in [2.75, 3.05) is 11.9 Å². The number of alkyl halides is 3. The Bertz CT molecular complexity index is 1000. The number of nitrogens with zero attached hydrogens (tertiary/aromatic N) is 3. The Morgan fingerprint density at radius 1 is 1.00 bits per heavy atom. The van der Waals surface area contributed by atoms with E-state index in [-0.39, 0.29) is 5.88 Å². The second-order valence-corrected chi connectivity index (χ2v) is 5.76. The first kappa shape index (κ1) is 17.0. The summed E-state index contributed by atoms with van der Waals surface area (Å²) >= 11 is 0. The average molecular weight is 370 g/mol. The van der Waals surface area contributed by atoms with E-state index in [9.17, 15) is 13.2 Å². The number of hydrogen-bond donors (Lipinski definition) is 1. The molecule has 4 rings (SSSR count). The van der Waals surface area contributed by atoms with Gasteiger partial charge in [-0.05, 0) is 24.3 Å². The first-order valence-electron chi connectivity index (χ1n) is 8.08. The number of hydrogen-bond acceptors (Lipinski definition) is 5. The summed E-state index contributed by atoms with van der Waals surface area (Å²) in [6.07, 6.45) is -1.30. The van der Waals surface area contributed by atoms with Crippen LogP contribution >= 0.6 is 0 Å². The highest BCUT2D eigenvalue weighted by molar-refractivity contribution is 5.84. The molecule has 0 atom stereocenters. The van der Waals surface area contributed by atoms with Crippen LogP contribution in [0.25, 0.3) is 11.3 Å². The summed E-state index contributed by atoms with van der Waals surface area (Å²) in [5.74, 6) is 0.839. The molecular formula is C19H13F3N4O. The van der Waals surface area contributed by atoms with Gasteiger partial charge in [-0.2, -0.15) is 13.2 Å². The molecule has 2 heterocycles. The zero-order valence-electron chi connectivity index (χ0n) is 13.9. The molecule has 0 bridgehead atoms. The second kappa shape index (κ2) is 6.71. The summed E-state index contributed by atoms with van der Waals surface area (Å²) in [5.41, 5.74) is 1.81. The Morgan fingerprint density at radius 3 is 2.59 bits per heavy atom. The summed E-state index contributed by atoms with van der Waals surface area (Å²) < 4.78 is 44.0. The van der Waals surface area contributed by atoms with Crippen molar-refractivity contribution in [2.45, 2.75) is 6.18 Å². The Hall–Kier alpha value is -3.42. The topological polar surface area (TPSA) is 59.4 Å². The molecule has 0 spiro atoms. The smallest absolute Gasteiger partial charge is 0.416 e. The van der Waals surface area contributed by atoms with Crippen LogP contribution in [0.5, 0.6) is 11.6 Å². The van der Waals surface area contributed by atoms with Crippen molar-refractivity contribution in [1.82, 2.24) is 9.97 Å². The highest BCUT2D eigenvalue weighted by atomic mass is 19.4. The van der Waals surface area contributed by atoms with Gasteiger partial charge in [0.15, 0.2) is 5.75 Å².